The molecule has 0 saturated heterocycles. The van der Waals surface area contributed by atoms with Crippen LogP contribution in [0, 0.1) is 0 Å². The Morgan fingerprint density at radius 1 is 0.453 bits per heavy atom. The van der Waals surface area contributed by atoms with Crippen molar-refractivity contribution in [2.24, 2.45) is 0 Å². The quantitative estimate of drug-likeness (QED) is 0.0359. The van der Waals surface area contributed by atoms with E-state index < -0.39 is 35.2 Å². The zero-order valence-electron chi connectivity index (χ0n) is 40.0. The Morgan fingerprint density at radius 3 is 1.00 bits per heavy atom. The minimum Gasteiger partial charge on any atom is -0.377 e. The predicted octanol–water partition coefficient (Wildman–Crippen LogP) is 10.6. The monoisotopic (exact) mass is 1040 g/mol. The molecular formula is C42H74O14S4Si4. The highest BCUT2D eigenvalue weighted by Gasteiger charge is 2.52. The number of carbonyl (C=O) groups is 2. The third-order valence-corrected chi connectivity index (χ3v) is 29.3. The van der Waals surface area contributed by atoms with Crippen LogP contribution in [0.4, 0.5) is 0 Å². The van der Waals surface area contributed by atoms with Gasteiger partial charge in [0.1, 0.15) is 0 Å². The van der Waals surface area contributed by atoms with Gasteiger partial charge < -0.3 is 53.1 Å². The molecule has 14 nitrogen and oxygen atoms in total. The summed E-state index contributed by atoms with van der Waals surface area (Å²) in [6.07, 6.45) is 3.76. The van der Waals surface area contributed by atoms with Crippen LogP contribution < -0.4 is 0 Å². The number of hydrogen-bond acceptors (Lipinski definition) is 18. The average molecular weight is 1040 g/mol. The van der Waals surface area contributed by atoms with Gasteiger partial charge in [0.15, 0.2) is 0 Å². The van der Waals surface area contributed by atoms with Crippen molar-refractivity contribution in [3.05, 3.63) is 70.8 Å². The van der Waals surface area contributed by atoms with Gasteiger partial charge >= 0.3 is 35.2 Å². The summed E-state index contributed by atoms with van der Waals surface area (Å²) in [6, 6.07) is 16.4. The summed E-state index contributed by atoms with van der Waals surface area (Å²) < 4.78 is 72.8. The number of aryl methyl sites for hydroxylation is 2. The minimum absolute atomic E-state index is 0.0929. The number of benzene rings is 2. The van der Waals surface area contributed by atoms with Crippen molar-refractivity contribution < 1.29 is 62.7 Å². The van der Waals surface area contributed by atoms with Crippen LogP contribution in [-0.2, 0) is 66.0 Å². The molecule has 2 rings (SSSR count). The lowest BCUT2D eigenvalue weighted by molar-refractivity contribution is 0.0571. The number of rotatable bonds is 37. The van der Waals surface area contributed by atoms with Crippen molar-refractivity contribution >= 4 is 86.7 Å². The van der Waals surface area contributed by atoms with Gasteiger partial charge in [-0.05, 0) is 132 Å². The molecule has 0 aliphatic carbocycles. The Balaban J connectivity index is 2.23. The second kappa shape index (κ2) is 32.4. The van der Waals surface area contributed by atoms with Crippen LogP contribution in [0.15, 0.2) is 48.5 Å². The maximum Gasteiger partial charge on any atom is 0.504 e. The lowest BCUT2D eigenvalue weighted by Gasteiger charge is -2.36. The van der Waals surface area contributed by atoms with Crippen molar-refractivity contribution in [2.45, 2.75) is 103 Å². The molecule has 0 N–H and O–H groups in total. The zero-order chi connectivity index (χ0) is 47.5. The average Bonchev–Trinajstić information content (AvgIpc) is 3.31. The Morgan fingerprint density at radius 2 is 0.734 bits per heavy atom. The van der Waals surface area contributed by atoms with E-state index in [2.05, 4.69) is 0 Å². The van der Waals surface area contributed by atoms with Gasteiger partial charge in [-0.15, -0.1) is 0 Å². The SMILES string of the molecule is CCO[Si](OCC)(OCC)C(CCc1ccccc1C(=O)SSSSC(=O)c1ccccc1CCC(CC[Si](OC)(OC)OC)[Si](OCC)(OCC)OCC)CC[Si](OC)(OC)OC. The molecule has 0 spiro atoms. The molecule has 0 aliphatic rings. The third-order valence-electron chi connectivity index (χ3n) is 10.8. The van der Waals surface area contributed by atoms with Gasteiger partial charge in [-0.1, -0.05) is 48.5 Å². The van der Waals surface area contributed by atoms with Crippen molar-refractivity contribution in [1.82, 2.24) is 0 Å². The first-order chi connectivity index (χ1) is 30.9. The highest BCUT2D eigenvalue weighted by Crippen LogP contribution is 2.46. The van der Waals surface area contributed by atoms with Gasteiger partial charge in [0, 0.05) is 117 Å². The lowest BCUT2D eigenvalue weighted by atomic mass is 10.0. The first-order valence-corrected chi connectivity index (χ1v) is 34.3. The summed E-state index contributed by atoms with van der Waals surface area (Å²) in [5.74, 6) is 0. The fourth-order valence-electron chi connectivity index (χ4n) is 7.69. The molecule has 0 saturated carbocycles. The zero-order valence-corrected chi connectivity index (χ0v) is 47.3. The molecule has 2 atom stereocenters. The molecule has 0 heterocycles. The molecule has 22 heteroatoms. The summed E-state index contributed by atoms with van der Waals surface area (Å²) in [4.78, 5) is 27.6. The molecule has 0 radical (unpaired) electrons. The van der Waals surface area contributed by atoms with E-state index in [0.29, 0.717) is 101 Å². The topological polar surface area (TPSA) is 145 Å². The van der Waals surface area contributed by atoms with Gasteiger partial charge in [0.2, 0.25) is 10.2 Å². The third kappa shape index (κ3) is 17.8. The van der Waals surface area contributed by atoms with Crippen LogP contribution in [-0.4, -0.2) is 128 Å². The molecule has 0 aliphatic heterocycles. The Bertz CT molecular complexity index is 1450. The van der Waals surface area contributed by atoms with Crippen LogP contribution in [0.2, 0.25) is 23.2 Å². The summed E-state index contributed by atoms with van der Waals surface area (Å²) in [7, 11) is 2.24. The van der Waals surface area contributed by atoms with E-state index in [1.165, 1.54) is 19.7 Å². The number of carbonyl (C=O) groups excluding carboxylic acids is 2. The molecule has 2 aromatic carbocycles. The molecule has 2 aromatic rings. The van der Waals surface area contributed by atoms with E-state index >= 15 is 0 Å². The van der Waals surface area contributed by atoms with E-state index in [1.54, 1.807) is 42.7 Å². The molecule has 0 aromatic heterocycles. The molecule has 0 fully saturated rings. The Hall–Kier alpha value is -0.432. The van der Waals surface area contributed by atoms with E-state index in [0.717, 1.165) is 32.7 Å². The van der Waals surface area contributed by atoms with Crippen LogP contribution in [0.1, 0.15) is 99.1 Å². The fraction of sp³-hybridized carbons (Fsp3) is 0.667. The predicted molar refractivity (Wildman–Crippen MR) is 270 cm³/mol. The standard InChI is InChI=1S/C42H74O14S4Si4/c1-13-51-63(52-14-2,53-15-3)37(31-33-61(45-7,46-8)47-9)29-27-35-23-19-21-25-39(35)41(43)57-59-60-58-42(44)40-26-22-20-24-36(40)28-30-38(32-34-62(48-10,49-11)50-12)64(54-16-4,55-17-5)56-18-6/h19-26,37-38H,13-18,27-34H2,1-12H3. The largest absolute Gasteiger partial charge is 0.504 e. The van der Waals surface area contributed by atoms with E-state index in [-0.39, 0.29) is 21.3 Å². The highest BCUT2D eigenvalue weighted by molar-refractivity contribution is 9.29. The van der Waals surface area contributed by atoms with Gasteiger partial charge in [0.05, 0.1) is 0 Å². The Labute approximate surface area is 403 Å². The van der Waals surface area contributed by atoms with Gasteiger partial charge in [-0.3, -0.25) is 9.59 Å². The smallest absolute Gasteiger partial charge is 0.377 e. The van der Waals surface area contributed by atoms with Crippen molar-refractivity contribution in [2.75, 3.05) is 82.3 Å². The van der Waals surface area contributed by atoms with Gasteiger partial charge in [-0.2, -0.15) is 0 Å². The van der Waals surface area contributed by atoms with E-state index in [1.807, 2.05) is 90.1 Å². The molecular weight excluding hydrogens is 969 g/mol. The minimum atomic E-state index is -3.18. The van der Waals surface area contributed by atoms with Gasteiger partial charge in [-0.25, -0.2) is 0 Å². The molecule has 0 bridgehead atoms. The highest BCUT2D eigenvalue weighted by atomic mass is 33.7. The normalized spacial score (nSPS) is 13.6. The Kier molecular flexibility index (Phi) is 30.2. The maximum atomic E-state index is 13.8. The van der Waals surface area contributed by atoms with E-state index in [4.69, 9.17) is 53.1 Å². The van der Waals surface area contributed by atoms with Crippen molar-refractivity contribution in [3.63, 3.8) is 0 Å². The maximum absolute atomic E-state index is 13.8. The second-order valence-corrected chi connectivity index (χ2v) is 31.7. The summed E-state index contributed by atoms with van der Waals surface area (Å²) in [5.41, 5.74) is 2.85. The molecule has 366 valence electrons. The van der Waals surface area contributed by atoms with Crippen molar-refractivity contribution in [1.29, 1.82) is 0 Å². The first-order valence-electron chi connectivity index (χ1n) is 22.0. The van der Waals surface area contributed by atoms with Gasteiger partial charge in [0.25, 0.3) is 0 Å². The van der Waals surface area contributed by atoms with E-state index in [9.17, 15) is 9.59 Å². The summed E-state index contributed by atoms with van der Waals surface area (Å²) in [5, 5.41) is -0.186. The molecule has 0 amide bonds. The van der Waals surface area contributed by atoms with Crippen LogP contribution in [0.25, 0.3) is 0 Å². The van der Waals surface area contributed by atoms with Crippen LogP contribution in [0.3, 0.4) is 0 Å². The number of hydrogen-bond donors (Lipinski definition) is 0. The van der Waals surface area contributed by atoms with Crippen LogP contribution in [0.5, 0.6) is 0 Å². The summed E-state index contributed by atoms with van der Waals surface area (Å²) >= 11 is 0. The van der Waals surface area contributed by atoms with Crippen LogP contribution >= 0.6 is 41.2 Å². The lowest BCUT2D eigenvalue weighted by Crippen LogP contribution is -2.52. The second-order valence-electron chi connectivity index (χ2n) is 14.1. The first kappa shape index (κ1) is 59.7. The fourth-order valence-corrected chi connectivity index (χ4v) is 23.2. The molecule has 64 heavy (non-hydrogen) atoms. The van der Waals surface area contributed by atoms with Crippen molar-refractivity contribution in [3.8, 4) is 0 Å². The molecule has 2 unspecified atom stereocenters. The summed E-state index contributed by atoms with van der Waals surface area (Å²) in [6.45, 7) is 14.3.